The van der Waals surface area contributed by atoms with Crippen molar-refractivity contribution < 1.29 is 9.47 Å². The molecule has 1 aromatic carbocycles. The fourth-order valence-electron chi connectivity index (χ4n) is 2.88. The van der Waals surface area contributed by atoms with Gasteiger partial charge in [0.25, 0.3) is 0 Å². The van der Waals surface area contributed by atoms with Crippen LogP contribution in [0.3, 0.4) is 0 Å². The Hall–Kier alpha value is -2.60. The number of hydrogen-bond donors (Lipinski definition) is 1. The van der Waals surface area contributed by atoms with Gasteiger partial charge in [-0.15, -0.1) is 0 Å². The number of benzene rings is 1. The highest BCUT2D eigenvalue weighted by molar-refractivity contribution is 5.75. The molecule has 3 aromatic rings. The van der Waals surface area contributed by atoms with E-state index in [0.717, 1.165) is 28.2 Å². The quantitative estimate of drug-likeness (QED) is 0.665. The highest BCUT2D eigenvalue weighted by atomic mass is 16.5. The zero-order chi connectivity index (χ0) is 18.5. The van der Waals surface area contributed by atoms with Gasteiger partial charge in [-0.2, -0.15) is 5.10 Å². The Labute approximate surface area is 154 Å². The van der Waals surface area contributed by atoms with E-state index in [1.165, 1.54) is 0 Å². The molecule has 0 aliphatic rings. The average Bonchev–Trinajstić information content (AvgIpc) is 2.97. The van der Waals surface area contributed by atoms with E-state index in [9.17, 15) is 0 Å². The zero-order valence-corrected chi connectivity index (χ0v) is 15.8. The maximum atomic E-state index is 5.93. The number of nitrogens with zero attached hydrogens (tertiary/aromatic N) is 3. The summed E-state index contributed by atoms with van der Waals surface area (Å²) in [5.41, 5.74) is 3.09. The van der Waals surface area contributed by atoms with E-state index in [0.29, 0.717) is 19.1 Å². The second kappa shape index (κ2) is 8.19. The molecule has 1 atom stereocenters. The van der Waals surface area contributed by atoms with Gasteiger partial charge in [-0.05, 0) is 18.4 Å². The minimum atomic E-state index is -0.00534. The molecule has 1 unspecified atom stereocenters. The Balaban J connectivity index is 1.93. The minimum absolute atomic E-state index is 0.00534. The Kier molecular flexibility index (Phi) is 5.73. The van der Waals surface area contributed by atoms with E-state index in [4.69, 9.17) is 9.47 Å². The standard InChI is InChI=1S/C20H26N4O2/c1-14(2)11-26-18-10-24-19(15(18)3)20(21-13-22-24)23-17(12-25-4)16-8-6-5-7-9-16/h5-10,13-14,17H,11-12H2,1-4H3,(H,21,22,23). The van der Waals surface area contributed by atoms with Crippen LogP contribution >= 0.6 is 0 Å². The van der Waals surface area contributed by atoms with Crippen LogP contribution in [0, 0.1) is 12.8 Å². The Morgan fingerprint density at radius 3 is 2.62 bits per heavy atom. The molecule has 0 fully saturated rings. The van der Waals surface area contributed by atoms with Crippen molar-refractivity contribution in [2.45, 2.75) is 26.8 Å². The smallest absolute Gasteiger partial charge is 0.154 e. The molecular formula is C20H26N4O2. The van der Waals surface area contributed by atoms with Crippen LogP contribution in [0.15, 0.2) is 42.9 Å². The fraction of sp³-hybridized carbons (Fsp3) is 0.400. The first-order valence-electron chi connectivity index (χ1n) is 8.86. The van der Waals surface area contributed by atoms with Gasteiger partial charge in [0, 0.05) is 12.7 Å². The monoisotopic (exact) mass is 354 g/mol. The highest BCUT2D eigenvalue weighted by Gasteiger charge is 2.18. The third kappa shape index (κ3) is 3.96. The van der Waals surface area contributed by atoms with Crippen molar-refractivity contribution in [2.24, 2.45) is 5.92 Å². The number of fused-ring (bicyclic) bond motifs is 1. The molecule has 0 aliphatic carbocycles. The van der Waals surface area contributed by atoms with E-state index in [1.807, 2.05) is 35.8 Å². The molecule has 1 N–H and O–H groups in total. The van der Waals surface area contributed by atoms with Crippen molar-refractivity contribution in [3.8, 4) is 5.75 Å². The van der Waals surface area contributed by atoms with Gasteiger partial charge >= 0.3 is 0 Å². The van der Waals surface area contributed by atoms with Crippen molar-refractivity contribution in [1.29, 1.82) is 0 Å². The van der Waals surface area contributed by atoms with Gasteiger partial charge in [-0.3, -0.25) is 0 Å². The van der Waals surface area contributed by atoms with E-state index >= 15 is 0 Å². The summed E-state index contributed by atoms with van der Waals surface area (Å²) in [6.45, 7) is 7.51. The number of aryl methyl sites for hydroxylation is 1. The molecule has 2 heterocycles. The summed E-state index contributed by atoms with van der Waals surface area (Å²) in [5, 5.41) is 7.84. The van der Waals surface area contributed by atoms with Crippen LogP contribution in [0.2, 0.25) is 0 Å². The number of ether oxygens (including phenoxy) is 2. The number of hydrogen-bond acceptors (Lipinski definition) is 5. The maximum absolute atomic E-state index is 5.93. The van der Waals surface area contributed by atoms with Gasteiger partial charge in [-0.25, -0.2) is 9.50 Å². The Morgan fingerprint density at radius 1 is 1.15 bits per heavy atom. The van der Waals surface area contributed by atoms with Crippen molar-refractivity contribution in [2.75, 3.05) is 25.6 Å². The second-order valence-electron chi connectivity index (χ2n) is 6.79. The topological polar surface area (TPSA) is 60.7 Å². The third-order valence-electron chi connectivity index (χ3n) is 4.20. The summed E-state index contributed by atoms with van der Waals surface area (Å²) < 4.78 is 13.2. The third-order valence-corrected chi connectivity index (χ3v) is 4.20. The van der Waals surface area contributed by atoms with Gasteiger partial charge in [0.15, 0.2) is 5.82 Å². The molecule has 0 saturated heterocycles. The first-order chi connectivity index (χ1) is 12.6. The molecule has 3 rings (SSSR count). The maximum Gasteiger partial charge on any atom is 0.154 e. The molecule has 6 heteroatoms. The minimum Gasteiger partial charge on any atom is -0.491 e. The molecule has 6 nitrogen and oxygen atoms in total. The molecule has 0 aliphatic heterocycles. The van der Waals surface area contributed by atoms with Crippen LogP contribution in [0.1, 0.15) is 31.0 Å². The van der Waals surface area contributed by atoms with Gasteiger partial charge in [-0.1, -0.05) is 44.2 Å². The summed E-state index contributed by atoms with van der Waals surface area (Å²) in [6.07, 6.45) is 3.46. The molecule has 138 valence electrons. The summed E-state index contributed by atoms with van der Waals surface area (Å²) in [4.78, 5) is 4.47. The molecule has 0 radical (unpaired) electrons. The predicted molar refractivity (Wildman–Crippen MR) is 103 cm³/mol. The molecule has 0 bridgehead atoms. The van der Waals surface area contributed by atoms with E-state index in [1.54, 1.807) is 13.4 Å². The lowest BCUT2D eigenvalue weighted by molar-refractivity contribution is 0.186. The highest BCUT2D eigenvalue weighted by Crippen LogP contribution is 2.30. The van der Waals surface area contributed by atoms with Crippen molar-refractivity contribution >= 4 is 11.3 Å². The SMILES string of the molecule is COCC(Nc1ncnn2cc(OCC(C)C)c(C)c12)c1ccccc1. The molecule has 0 amide bonds. The van der Waals surface area contributed by atoms with Gasteiger partial charge in [0.2, 0.25) is 0 Å². The average molecular weight is 354 g/mol. The van der Waals surface area contributed by atoms with E-state index in [-0.39, 0.29) is 6.04 Å². The summed E-state index contributed by atoms with van der Waals surface area (Å²) in [7, 11) is 1.70. The first kappa shape index (κ1) is 18.2. The van der Waals surface area contributed by atoms with Crippen LogP contribution in [-0.4, -0.2) is 34.9 Å². The first-order valence-corrected chi connectivity index (χ1v) is 8.86. The van der Waals surface area contributed by atoms with Crippen LogP contribution < -0.4 is 10.1 Å². The normalized spacial score (nSPS) is 12.5. The zero-order valence-electron chi connectivity index (χ0n) is 15.8. The Bertz CT molecular complexity index is 846. The lowest BCUT2D eigenvalue weighted by Crippen LogP contribution is -2.17. The number of methoxy groups -OCH3 is 1. The van der Waals surface area contributed by atoms with E-state index in [2.05, 4.69) is 41.4 Å². The molecular weight excluding hydrogens is 328 g/mol. The van der Waals surface area contributed by atoms with Crippen molar-refractivity contribution in [3.05, 3.63) is 54.0 Å². The Morgan fingerprint density at radius 2 is 1.92 bits per heavy atom. The largest absolute Gasteiger partial charge is 0.491 e. The van der Waals surface area contributed by atoms with E-state index < -0.39 is 0 Å². The number of aromatic nitrogens is 3. The molecule has 2 aromatic heterocycles. The van der Waals surface area contributed by atoms with Crippen molar-refractivity contribution in [3.63, 3.8) is 0 Å². The van der Waals surface area contributed by atoms with Gasteiger partial charge in [0.1, 0.15) is 17.6 Å². The van der Waals surface area contributed by atoms with Gasteiger partial charge < -0.3 is 14.8 Å². The number of anilines is 1. The number of nitrogens with one attached hydrogen (secondary N) is 1. The van der Waals surface area contributed by atoms with Crippen LogP contribution in [0.5, 0.6) is 5.75 Å². The van der Waals surface area contributed by atoms with Crippen LogP contribution in [0.4, 0.5) is 5.82 Å². The second-order valence-corrected chi connectivity index (χ2v) is 6.79. The van der Waals surface area contributed by atoms with Crippen LogP contribution in [-0.2, 0) is 4.74 Å². The molecule has 0 spiro atoms. The molecule has 26 heavy (non-hydrogen) atoms. The predicted octanol–water partition coefficient (Wildman–Crippen LogP) is 3.87. The summed E-state index contributed by atoms with van der Waals surface area (Å²) in [6, 6.07) is 10.2. The molecule has 0 saturated carbocycles. The number of rotatable bonds is 8. The van der Waals surface area contributed by atoms with Crippen LogP contribution in [0.25, 0.3) is 5.52 Å². The lowest BCUT2D eigenvalue weighted by atomic mass is 10.1. The summed E-state index contributed by atoms with van der Waals surface area (Å²) in [5.74, 6) is 2.07. The summed E-state index contributed by atoms with van der Waals surface area (Å²) >= 11 is 0. The van der Waals surface area contributed by atoms with Crippen molar-refractivity contribution in [1.82, 2.24) is 14.6 Å². The van der Waals surface area contributed by atoms with Gasteiger partial charge in [0.05, 0.1) is 25.5 Å². The fourth-order valence-corrected chi connectivity index (χ4v) is 2.88. The lowest BCUT2D eigenvalue weighted by Gasteiger charge is -2.19.